The van der Waals surface area contributed by atoms with Gasteiger partial charge in [0.05, 0.1) is 27.9 Å². The van der Waals surface area contributed by atoms with Crippen LogP contribution in [-0.4, -0.2) is 16.7 Å². The van der Waals surface area contributed by atoms with Crippen LogP contribution in [0.2, 0.25) is 0 Å². The number of benzene rings is 3. The minimum absolute atomic E-state index is 0.0776. The van der Waals surface area contributed by atoms with E-state index in [1.54, 1.807) is 59.1 Å². The summed E-state index contributed by atoms with van der Waals surface area (Å²) in [6.07, 6.45) is 1.53. The lowest BCUT2D eigenvalue weighted by Crippen LogP contribution is -2.18. The number of halogens is 1. The van der Waals surface area contributed by atoms with E-state index in [-0.39, 0.29) is 11.9 Å². The topological polar surface area (TPSA) is 54.8 Å². The number of esters is 1. The predicted molar refractivity (Wildman–Crippen MR) is 155 cm³/mol. The highest BCUT2D eigenvalue weighted by Crippen LogP contribution is 2.42. The van der Waals surface area contributed by atoms with Crippen molar-refractivity contribution in [2.45, 2.75) is 25.8 Å². The molecule has 3 heterocycles. The molecule has 0 N–H and O–H groups in total. The Morgan fingerprint density at radius 1 is 1.00 bits per heavy atom. The molecule has 5 aromatic rings. The number of hydrogen-bond acceptors (Lipinski definition) is 7. The highest BCUT2D eigenvalue weighted by atomic mass is 32.1. The van der Waals surface area contributed by atoms with Gasteiger partial charge >= 0.3 is 5.97 Å². The molecule has 0 saturated carbocycles. The summed E-state index contributed by atoms with van der Waals surface area (Å²) >= 11 is 3.28. The normalized spacial score (nSPS) is 14.9. The van der Waals surface area contributed by atoms with Crippen LogP contribution in [-0.2, 0) is 6.42 Å². The van der Waals surface area contributed by atoms with Gasteiger partial charge in [-0.25, -0.2) is 19.2 Å². The van der Waals surface area contributed by atoms with E-state index < -0.39 is 5.97 Å². The zero-order valence-electron chi connectivity index (χ0n) is 21.1. The quantitative estimate of drug-likeness (QED) is 0.151. The number of hydrogen-bond donors (Lipinski definition) is 0. The number of thiazole rings is 1. The summed E-state index contributed by atoms with van der Waals surface area (Å²) in [5.41, 5.74) is 4.32. The van der Waals surface area contributed by atoms with Crippen LogP contribution in [0.5, 0.6) is 5.75 Å². The number of hydrazone groups is 1. The van der Waals surface area contributed by atoms with Gasteiger partial charge in [-0.3, -0.25) is 0 Å². The van der Waals surface area contributed by atoms with Crippen LogP contribution in [0, 0.1) is 5.82 Å². The Balaban J connectivity index is 1.30. The smallest absolute Gasteiger partial charge is 0.343 e. The Morgan fingerprint density at radius 2 is 1.77 bits per heavy atom. The number of ether oxygens (including phenoxy) is 1. The van der Waals surface area contributed by atoms with Crippen molar-refractivity contribution < 1.29 is 13.9 Å². The van der Waals surface area contributed by atoms with Crippen LogP contribution in [0.1, 0.15) is 45.1 Å². The molecule has 39 heavy (non-hydrogen) atoms. The summed E-state index contributed by atoms with van der Waals surface area (Å²) in [6, 6.07) is 27.0. The van der Waals surface area contributed by atoms with Crippen LogP contribution < -0.4 is 9.75 Å². The van der Waals surface area contributed by atoms with E-state index in [2.05, 4.69) is 13.0 Å². The molecule has 1 aliphatic heterocycles. The van der Waals surface area contributed by atoms with E-state index >= 15 is 0 Å². The molecule has 194 valence electrons. The van der Waals surface area contributed by atoms with Gasteiger partial charge in [-0.2, -0.15) is 5.10 Å². The molecule has 3 aromatic carbocycles. The second-order valence-electron chi connectivity index (χ2n) is 9.04. The minimum Gasteiger partial charge on any atom is -0.423 e. The zero-order valence-corrected chi connectivity index (χ0v) is 22.7. The molecule has 0 radical (unpaired) electrons. The Kier molecular flexibility index (Phi) is 7.04. The number of aryl methyl sites for hydroxylation is 1. The van der Waals surface area contributed by atoms with E-state index in [1.165, 1.54) is 12.1 Å². The van der Waals surface area contributed by atoms with Crippen LogP contribution in [0.25, 0.3) is 11.3 Å². The average Bonchev–Trinajstić information content (AvgIpc) is 3.74. The minimum atomic E-state index is -0.395. The maximum absolute atomic E-state index is 13.7. The largest absolute Gasteiger partial charge is 0.423 e. The molecule has 1 atom stereocenters. The molecular weight excluding hydrogens is 529 g/mol. The van der Waals surface area contributed by atoms with E-state index in [1.807, 2.05) is 46.8 Å². The Labute approximate surface area is 233 Å². The van der Waals surface area contributed by atoms with Crippen LogP contribution in [0.3, 0.4) is 0 Å². The summed E-state index contributed by atoms with van der Waals surface area (Å²) in [6.45, 7) is 2.11. The summed E-state index contributed by atoms with van der Waals surface area (Å²) in [4.78, 5) is 19.7. The number of rotatable bonds is 7. The van der Waals surface area contributed by atoms with Crippen LogP contribution in [0.15, 0.2) is 101 Å². The molecule has 0 saturated heterocycles. The maximum Gasteiger partial charge on any atom is 0.343 e. The van der Waals surface area contributed by atoms with Crippen molar-refractivity contribution in [1.29, 1.82) is 0 Å². The van der Waals surface area contributed by atoms with Gasteiger partial charge in [-0.1, -0.05) is 54.7 Å². The third kappa shape index (κ3) is 5.26. The van der Waals surface area contributed by atoms with Gasteiger partial charge < -0.3 is 4.74 Å². The third-order valence-corrected chi connectivity index (χ3v) is 8.63. The highest BCUT2D eigenvalue weighted by Gasteiger charge is 2.33. The zero-order chi connectivity index (χ0) is 26.8. The molecule has 8 heteroatoms. The fourth-order valence-electron chi connectivity index (χ4n) is 4.55. The van der Waals surface area contributed by atoms with Crippen molar-refractivity contribution in [3.05, 3.63) is 123 Å². The van der Waals surface area contributed by atoms with E-state index in [4.69, 9.17) is 14.8 Å². The molecule has 0 aliphatic carbocycles. The Hall–Kier alpha value is -4.14. The first-order valence-corrected chi connectivity index (χ1v) is 14.3. The summed E-state index contributed by atoms with van der Waals surface area (Å²) < 4.78 is 19.2. The second kappa shape index (κ2) is 10.9. The van der Waals surface area contributed by atoms with Gasteiger partial charge in [-0.05, 0) is 72.0 Å². The fourth-order valence-corrected chi connectivity index (χ4v) is 6.29. The first-order valence-electron chi connectivity index (χ1n) is 12.6. The summed E-state index contributed by atoms with van der Waals surface area (Å²) in [5, 5.41) is 9.81. The Morgan fingerprint density at radius 3 is 2.46 bits per heavy atom. The highest BCUT2D eigenvalue weighted by molar-refractivity contribution is 7.16. The molecule has 0 fully saturated rings. The summed E-state index contributed by atoms with van der Waals surface area (Å²) in [5.74, 6) is -0.179. The van der Waals surface area contributed by atoms with Crippen molar-refractivity contribution in [1.82, 2.24) is 4.98 Å². The van der Waals surface area contributed by atoms with Crippen molar-refractivity contribution in [3.63, 3.8) is 0 Å². The number of carbonyl (C=O) groups excluding carboxylic acids is 1. The van der Waals surface area contributed by atoms with Gasteiger partial charge in [-0.15, -0.1) is 11.3 Å². The van der Waals surface area contributed by atoms with Gasteiger partial charge in [0.25, 0.3) is 0 Å². The van der Waals surface area contributed by atoms with Crippen LogP contribution >= 0.6 is 22.7 Å². The van der Waals surface area contributed by atoms with Gasteiger partial charge in [0.1, 0.15) is 11.6 Å². The Bertz CT molecular complexity index is 1610. The molecule has 1 unspecified atom stereocenters. The SMILES string of the molecule is CCc1sc(N2N=C(c3cccs3)CC2c2ccc(F)cc2)nc1-c1ccc(OC(=O)c2ccccc2)cc1. The lowest BCUT2D eigenvalue weighted by molar-refractivity contribution is 0.0735. The average molecular weight is 554 g/mol. The predicted octanol–water partition coefficient (Wildman–Crippen LogP) is 8.15. The first kappa shape index (κ1) is 25.2. The number of nitrogens with zero attached hydrogens (tertiary/aromatic N) is 3. The molecular formula is C31H24FN3O2S2. The van der Waals surface area contributed by atoms with Crippen LogP contribution in [0.4, 0.5) is 9.52 Å². The molecule has 1 aliphatic rings. The number of thiophene rings is 1. The molecule has 0 spiro atoms. The van der Waals surface area contributed by atoms with Crippen molar-refractivity contribution in [2.75, 3.05) is 5.01 Å². The molecule has 0 amide bonds. The van der Waals surface area contributed by atoms with Gasteiger partial charge in [0, 0.05) is 16.9 Å². The number of carbonyl (C=O) groups is 1. The van der Waals surface area contributed by atoms with Crippen molar-refractivity contribution in [3.8, 4) is 17.0 Å². The standard InChI is InChI=1S/C31H24FN3O2S2/c1-2-27-29(21-12-16-24(17-13-21)37-30(36)22-7-4-3-5-8-22)33-31(39-27)35-26(20-10-14-23(32)15-11-20)19-25(34-35)28-9-6-18-38-28/h3-18,26H,2,19H2,1H3. The fraction of sp³-hybridized carbons (Fsp3) is 0.129. The van der Waals surface area contributed by atoms with Gasteiger partial charge in [0.15, 0.2) is 0 Å². The van der Waals surface area contributed by atoms with Gasteiger partial charge in [0.2, 0.25) is 5.13 Å². The van der Waals surface area contributed by atoms with E-state index in [0.29, 0.717) is 17.7 Å². The lowest BCUT2D eigenvalue weighted by atomic mass is 10.0. The molecule has 0 bridgehead atoms. The van der Waals surface area contributed by atoms with E-state index in [0.717, 1.165) is 43.8 Å². The van der Waals surface area contributed by atoms with Crippen molar-refractivity contribution >= 4 is 39.5 Å². The number of aromatic nitrogens is 1. The maximum atomic E-state index is 13.7. The third-order valence-electron chi connectivity index (χ3n) is 6.52. The molecule has 2 aromatic heterocycles. The molecule has 5 nitrogen and oxygen atoms in total. The second-order valence-corrected chi connectivity index (χ2v) is 11.1. The van der Waals surface area contributed by atoms with Crippen molar-refractivity contribution in [2.24, 2.45) is 5.10 Å². The summed E-state index contributed by atoms with van der Waals surface area (Å²) in [7, 11) is 0. The van der Waals surface area contributed by atoms with E-state index in [9.17, 15) is 9.18 Å². The number of anilines is 1. The lowest BCUT2D eigenvalue weighted by Gasteiger charge is -2.21. The first-order chi connectivity index (χ1) is 19.1. The molecule has 6 rings (SSSR count). The monoisotopic (exact) mass is 553 g/mol.